The van der Waals surface area contributed by atoms with Crippen LogP contribution in [0.4, 0.5) is 11.4 Å². The molecule has 21 heavy (non-hydrogen) atoms. The van der Waals surface area contributed by atoms with Crippen molar-refractivity contribution in [2.45, 2.75) is 34.2 Å². The zero-order chi connectivity index (χ0) is 15.6. The molecule has 0 saturated heterocycles. The van der Waals surface area contributed by atoms with Gasteiger partial charge in [0.2, 0.25) is 0 Å². The number of anilines is 1. The maximum Gasteiger partial charge on any atom is 0.292 e. The molecule has 0 aliphatic rings. The predicted molar refractivity (Wildman–Crippen MR) is 85.8 cm³/mol. The van der Waals surface area contributed by atoms with Gasteiger partial charge in [-0.2, -0.15) is 0 Å². The molecule has 2 rings (SSSR count). The van der Waals surface area contributed by atoms with E-state index >= 15 is 0 Å². The third-order valence-electron chi connectivity index (χ3n) is 3.64. The van der Waals surface area contributed by atoms with Gasteiger partial charge in [-0.25, -0.2) is 0 Å². The number of hydrogen-bond acceptors (Lipinski definition) is 3. The molecule has 1 N–H and O–H groups in total. The minimum atomic E-state index is -0.351. The summed E-state index contributed by atoms with van der Waals surface area (Å²) < 4.78 is 0. The van der Waals surface area contributed by atoms with Gasteiger partial charge in [0.25, 0.3) is 5.69 Å². The quantitative estimate of drug-likeness (QED) is 0.667. The summed E-state index contributed by atoms with van der Waals surface area (Å²) in [5, 5.41) is 14.3. The number of nitrogens with one attached hydrogen (secondary N) is 1. The van der Waals surface area contributed by atoms with Gasteiger partial charge in [-0.3, -0.25) is 10.1 Å². The van der Waals surface area contributed by atoms with Crippen LogP contribution in [0.1, 0.15) is 27.8 Å². The molecule has 0 aliphatic carbocycles. The van der Waals surface area contributed by atoms with Gasteiger partial charge in [-0.1, -0.05) is 23.8 Å². The Morgan fingerprint density at radius 2 is 1.62 bits per heavy atom. The summed E-state index contributed by atoms with van der Waals surface area (Å²) in [5.41, 5.74) is 6.51. The average Bonchev–Trinajstić information content (AvgIpc) is 2.37. The second-order valence-corrected chi connectivity index (χ2v) is 5.51. The van der Waals surface area contributed by atoms with Crippen molar-refractivity contribution < 1.29 is 4.92 Å². The van der Waals surface area contributed by atoms with Crippen LogP contribution in [-0.2, 0) is 6.54 Å². The van der Waals surface area contributed by atoms with Gasteiger partial charge < -0.3 is 5.32 Å². The number of hydrogen-bond donors (Lipinski definition) is 1. The second kappa shape index (κ2) is 5.95. The monoisotopic (exact) mass is 284 g/mol. The van der Waals surface area contributed by atoms with Crippen LogP contribution in [-0.4, -0.2) is 4.92 Å². The Morgan fingerprint density at radius 1 is 1.00 bits per heavy atom. The summed E-state index contributed by atoms with van der Waals surface area (Å²) in [4.78, 5) is 10.7. The largest absolute Gasteiger partial charge is 0.375 e. The van der Waals surface area contributed by atoms with Crippen molar-refractivity contribution in [3.63, 3.8) is 0 Å². The Kier molecular flexibility index (Phi) is 4.26. The summed E-state index contributed by atoms with van der Waals surface area (Å²) in [5.74, 6) is 0. The lowest BCUT2D eigenvalue weighted by Gasteiger charge is -2.13. The van der Waals surface area contributed by atoms with Gasteiger partial charge in [-0.05, 0) is 56.0 Å². The summed E-state index contributed by atoms with van der Waals surface area (Å²) in [6.07, 6.45) is 0. The van der Waals surface area contributed by atoms with Crippen molar-refractivity contribution in [2.75, 3.05) is 5.32 Å². The zero-order valence-electron chi connectivity index (χ0n) is 12.9. The van der Waals surface area contributed by atoms with Crippen molar-refractivity contribution in [3.05, 3.63) is 68.3 Å². The summed E-state index contributed by atoms with van der Waals surface area (Å²) in [6.45, 7) is 8.73. The van der Waals surface area contributed by atoms with Gasteiger partial charge in [0.05, 0.1) is 4.92 Å². The molecule has 0 amide bonds. The van der Waals surface area contributed by atoms with Crippen LogP contribution in [0.25, 0.3) is 0 Å². The molecular formula is C17H20N2O2. The molecule has 4 heteroatoms. The second-order valence-electron chi connectivity index (χ2n) is 5.51. The third-order valence-corrected chi connectivity index (χ3v) is 3.64. The van der Waals surface area contributed by atoms with Gasteiger partial charge >= 0.3 is 0 Å². The minimum Gasteiger partial charge on any atom is -0.375 e. The number of nitro groups is 1. The fourth-order valence-corrected chi connectivity index (χ4v) is 2.62. The molecule has 2 aromatic carbocycles. The first kappa shape index (κ1) is 15.0. The molecule has 0 saturated carbocycles. The predicted octanol–water partition coefficient (Wildman–Crippen LogP) is 4.44. The van der Waals surface area contributed by atoms with Crippen molar-refractivity contribution in [2.24, 2.45) is 0 Å². The fraction of sp³-hybridized carbons (Fsp3) is 0.294. The molecule has 0 spiro atoms. The molecule has 110 valence electrons. The molecule has 0 radical (unpaired) electrons. The van der Waals surface area contributed by atoms with E-state index in [1.54, 1.807) is 12.1 Å². The van der Waals surface area contributed by atoms with Crippen LogP contribution >= 0.6 is 0 Å². The van der Waals surface area contributed by atoms with E-state index in [-0.39, 0.29) is 10.6 Å². The molecular weight excluding hydrogens is 264 g/mol. The van der Waals surface area contributed by atoms with Crippen molar-refractivity contribution in [3.8, 4) is 0 Å². The number of aryl methyl sites for hydroxylation is 4. The smallest absolute Gasteiger partial charge is 0.292 e. The lowest BCUT2D eigenvalue weighted by Crippen LogP contribution is -2.06. The molecule has 0 aliphatic heterocycles. The minimum absolute atomic E-state index is 0.114. The van der Waals surface area contributed by atoms with Crippen LogP contribution in [0.2, 0.25) is 0 Å². The number of benzene rings is 2. The molecule has 0 bridgehead atoms. The van der Waals surface area contributed by atoms with Gasteiger partial charge in [-0.15, -0.1) is 0 Å². The van der Waals surface area contributed by atoms with E-state index in [0.29, 0.717) is 12.2 Å². The van der Waals surface area contributed by atoms with E-state index in [1.165, 1.54) is 22.3 Å². The highest BCUT2D eigenvalue weighted by Crippen LogP contribution is 2.26. The topological polar surface area (TPSA) is 55.2 Å². The molecule has 4 nitrogen and oxygen atoms in total. The van der Waals surface area contributed by atoms with Crippen LogP contribution < -0.4 is 5.32 Å². The van der Waals surface area contributed by atoms with Crippen molar-refractivity contribution >= 4 is 11.4 Å². The molecule has 0 atom stereocenters. The van der Waals surface area contributed by atoms with Gasteiger partial charge in [0, 0.05) is 12.6 Å². The summed E-state index contributed by atoms with van der Waals surface area (Å²) in [7, 11) is 0. The Bertz CT molecular complexity index is 670. The van der Waals surface area contributed by atoms with E-state index < -0.39 is 0 Å². The maximum atomic E-state index is 11.1. The van der Waals surface area contributed by atoms with E-state index in [4.69, 9.17) is 0 Å². The highest BCUT2D eigenvalue weighted by atomic mass is 16.6. The molecule has 0 unspecified atom stereocenters. The van der Waals surface area contributed by atoms with Crippen LogP contribution in [0.5, 0.6) is 0 Å². The van der Waals surface area contributed by atoms with E-state index in [9.17, 15) is 10.1 Å². The average molecular weight is 284 g/mol. The van der Waals surface area contributed by atoms with Crippen LogP contribution in [0, 0.1) is 37.8 Å². The number of rotatable bonds is 4. The maximum absolute atomic E-state index is 11.1. The molecule has 2 aromatic rings. The van der Waals surface area contributed by atoms with Crippen LogP contribution in [0.3, 0.4) is 0 Å². The normalized spacial score (nSPS) is 10.5. The lowest BCUT2D eigenvalue weighted by molar-refractivity contribution is -0.384. The first-order valence-electron chi connectivity index (χ1n) is 6.94. The first-order valence-corrected chi connectivity index (χ1v) is 6.94. The van der Waals surface area contributed by atoms with E-state index in [1.807, 2.05) is 13.0 Å². The standard InChI is InChI=1S/C17H20N2O2/c1-11-5-6-17(19(20)21)16(9-11)18-10-15-13(3)7-12(2)8-14(15)4/h5-9,18H,10H2,1-4H3. The van der Waals surface area contributed by atoms with Gasteiger partial charge in [0.1, 0.15) is 5.69 Å². The number of nitro benzene ring substituents is 1. The van der Waals surface area contributed by atoms with Crippen molar-refractivity contribution in [1.29, 1.82) is 0 Å². The third kappa shape index (κ3) is 3.40. The Hall–Kier alpha value is -2.36. The fourth-order valence-electron chi connectivity index (χ4n) is 2.62. The van der Waals surface area contributed by atoms with Crippen LogP contribution in [0.15, 0.2) is 30.3 Å². The first-order chi connectivity index (χ1) is 9.88. The summed E-state index contributed by atoms with van der Waals surface area (Å²) >= 11 is 0. The zero-order valence-corrected chi connectivity index (χ0v) is 12.9. The lowest BCUT2D eigenvalue weighted by atomic mass is 10.00. The highest BCUT2D eigenvalue weighted by molar-refractivity contribution is 5.63. The van der Waals surface area contributed by atoms with Crippen molar-refractivity contribution in [1.82, 2.24) is 0 Å². The summed E-state index contributed by atoms with van der Waals surface area (Å²) in [6, 6.07) is 9.39. The molecule has 0 fully saturated rings. The number of nitrogens with zero attached hydrogens (tertiary/aromatic N) is 1. The van der Waals surface area contributed by atoms with E-state index in [0.717, 1.165) is 5.56 Å². The Balaban J connectivity index is 2.28. The SMILES string of the molecule is Cc1cc(C)c(CNc2cc(C)ccc2[N+](=O)[O-])c(C)c1. The molecule has 0 heterocycles. The highest BCUT2D eigenvalue weighted by Gasteiger charge is 2.14. The van der Waals surface area contributed by atoms with Gasteiger partial charge in [0.15, 0.2) is 0 Å². The Morgan fingerprint density at radius 3 is 2.19 bits per heavy atom. The van der Waals surface area contributed by atoms with E-state index in [2.05, 4.69) is 38.2 Å². The molecule has 0 aromatic heterocycles. The Labute approximate surface area is 125 Å².